The molecule has 0 aliphatic carbocycles. The van der Waals surface area contributed by atoms with Crippen molar-refractivity contribution in [2.24, 2.45) is 0 Å². The molecule has 5 nitrogen and oxygen atoms in total. The van der Waals surface area contributed by atoms with Crippen molar-refractivity contribution >= 4 is 16.9 Å². The lowest BCUT2D eigenvalue weighted by Crippen LogP contribution is -2.15. The van der Waals surface area contributed by atoms with Gasteiger partial charge in [-0.25, -0.2) is 4.98 Å². The first kappa shape index (κ1) is 15.0. The van der Waals surface area contributed by atoms with E-state index in [1.54, 1.807) is 6.07 Å². The zero-order chi connectivity index (χ0) is 16.2. The number of aromatic amines is 1. The first-order valence-corrected chi connectivity index (χ1v) is 7.31. The molecule has 0 atom stereocenters. The van der Waals surface area contributed by atoms with E-state index in [2.05, 4.69) is 9.97 Å². The van der Waals surface area contributed by atoms with E-state index in [1.807, 2.05) is 49.4 Å². The molecule has 0 fully saturated rings. The van der Waals surface area contributed by atoms with Gasteiger partial charge in [0.2, 0.25) is 0 Å². The number of H-pyrrole nitrogens is 1. The maximum atomic E-state index is 12.1. The van der Waals surface area contributed by atoms with Gasteiger partial charge in [0.1, 0.15) is 12.4 Å². The van der Waals surface area contributed by atoms with Gasteiger partial charge in [0, 0.05) is 0 Å². The molecule has 3 rings (SSSR count). The fraction of sp³-hybridized carbons (Fsp3) is 0.167. The Morgan fingerprint density at radius 3 is 2.70 bits per heavy atom. The molecule has 1 N–H and O–H groups in total. The number of nitrogens with one attached hydrogen (secondary N) is 1. The molecule has 0 saturated heterocycles. The number of esters is 1. The van der Waals surface area contributed by atoms with Crippen LogP contribution < -0.4 is 5.56 Å². The van der Waals surface area contributed by atoms with Crippen LogP contribution >= 0.6 is 0 Å². The Morgan fingerprint density at radius 1 is 1.13 bits per heavy atom. The smallest absolute Gasteiger partial charge is 0.310 e. The number of nitrogens with zero attached hydrogens (tertiary/aromatic N) is 1. The maximum absolute atomic E-state index is 12.1. The van der Waals surface area contributed by atoms with Gasteiger partial charge < -0.3 is 9.72 Å². The summed E-state index contributed by atoms with van der Waals surface area (Å²) >= 11 is 0. The van der Waals surface area contributed by atoms with Crippen molar-refractivity contribution in [2.45, 2.75) is 20.0 Å². The number of aromatic nitrogens is 2. The summed E-state index contributed by atoms with van der Waals surface area (Å²) in [6.45, 7) is 1.84. The summed E-state index contributed by atoms with van der Waals surface area (Å²) in [5, 5.41) is 0.532. The molecule has 2 aromatic carbocycles. The van der Waals surface area contributed by atoms with Crippen LogP contribution in [-0.4, -0.2) is 15.9 Å². The Bertz CT molecular complexity index is 901. The van der Waals surface area contributed by atoms with Crippen LogP contribution in [0, 0.1) is 6.92 Å². The number of carbonyl (C=O) groups excluding carboxylic acids is 1. The summed E-state index contributed by atoms with van der Waals surface area (Å²) < 4.78 is 5.20. The third kappa shape index (κ3) is 3.45. The van der Waals surface area contributed by atoms with Gasteiger partial charge in [0.15, 0.2) is 0 Å². The molecule has 5 heteroatoms. The Hall–Kier alpha value is -2.95. The van der Waals surface area contributed by atoms with E-state index in [0.717, 1.165) is 11.1 Å². The van der Waals surface area contributed by atoms with Crippen LogP contribution in [0.5, 0.6) is 0 Å². The highest BCUT2D eigenvalue weighted by atomic mass is 16.5. The van der Waals surface area contributed by atoms with Crippen molar-refractivity contribution in [1.82, 2.24) is 9.97 Å². The number of rotatable bonds is 4. The van der Waals surface area contributed by atoms with Gasteiger partial charge in [0.05, 0.1) is 17.3 Å². The topological polar surface area (TPSA) is 72.1 Å². The van der Waals surface area contributed by atoms with Crippen LogP contribution in [0.25, 0.3) is 10.9 Å². The number of fused-ring (bicyclic) bond motifs is 1. The first-order chi connectivity index (χ1) is 11.1. The van der Waals surface area contributed by atoms with E-state index in [0.29, 0.717) is 16.7 Å². The minimum Gasteiger partial charge on any atom is -0.457 e. The first-order valence-electron chi connectivity index (χ1n) is 7.31. The summed E-state index contributed by atoms with van der Waals surface area (Å²) in [6, 6.07) is 14.8. The van der Waals surface area contributed by atoms with Gasteiger partial charge in [-0.1, -0.05) is 42.5 Å². The lowest BCUT2D eigenvalue weighted by atomic mass is 10.1. The summed E-state index contributed by atoms with van der Waals surface area (Å²) in [5.74, 6) is -0.0121. The normalized spacial score (nSPS) is 10.7. The molecule has 116 valence electrons. The predicted octanol–water partition coefficient (Wildman–Crippen LogP) is 2.52. The fourth-order valence-corrected chi connectivity index (χ4v) is 2.38. The second kappa shape index (κ2) is 6.44. The number of aryl methyl sites for hydroxylation is 1. The average Bonchev–Trinajstić information content (AvgIpc) is 2.55. The van der Waals surface area contributed by atoms with Crippen LogP contribution in [0.4, 0.5) is 0 Å². The lowest BCUT2D eigenvalue weighted by molar-refractivity contribution is -0.144. The van der Waals surface area contributed by atoms with Gasteiger partial charge in [-0.3, -0.25) is 9.59 Å². The van der Waals surface area contributed by atoms with Crippen molar-refractivity contribution in [3.05, 3.63) is 75.8 Å². The number of ether oxygens (including phenoxy) is 1. The number of hydrogen-bond donors (Lipinski definition) is 1. The largest absolute Gasteiger partial charge is 0.457 e. The zero-order valence-corrected chi connectivity index (χ0v) is 12.7. The monoisotopic (exact) mass is 308 g/mol. The molecule has 0 aliphatic rings. The van der Waals surface area contributed by atoms with E-state index >= 15 is 0 Å². The molecule has 1 heterocycles. The molecule has 0 amide bonds. The van der Waals surface area contributed by atoms with Crippen LogP contribution in [-0.2, 0) is 22.6 Å². The minimum absolute atomic E-state index is 0.0504. The molecule has 0 radical (unpaired) electrons. The molecule has 1 aromatic heterocycles. The van der Waals surface area contributed by atoms with Gasteiger partial charge in [0.25, 0.3) is 5.56 Å². The summed E-state index contributed by atoms with van der Waals surface area (Å²) in [6.07, 6.45) is 0.192. The Morgan fingerprint density at radius 2 is 1.91 bits per heavy atom. The number of hydrogen-bond acceptors (Lipinski definition) is 4. The molecule has 0 saturated carbocycles. The highest BCUT2D eigenvalue weighted by Gasteiger charge is 2.09. The fourth-order valence-electron chi connectivity index (χ4n) is 2.38. The number of carbonyl (C=O) groups is 1. The lowest BCUT2D eigenvalue weighted by Gasteiger charge is -2.06. The SMILES string of the molecule is Cc1cccc2c(=O)[nH]c(COC(=O)Cc3ccccc3)nc12. The molecule has 3 aromatic rings. The van der Waals surface area contributed by atoms with Crippen molar-refractivity contribution < 1.29 is 9.53 Å². The number of benzene rings is 2. The molecule has 0 aliphatic heterocycles. The Balaban J connectivity index is 1.73. The van der Waals surface area contributed by atoms with Crippen LogP contribution in [0.3, 0.4) is 0 Å². The van der Waals surface area contributed by atoms with Gasteiger partial charge in [-0.2, -0.15) is 0 Å². The molecule has 0 bridgehead atoms. The maximum Gasteiger partial charge on any atom is 0.310 e. The Kier molecular flexibility index (Phi) is 4.19. The van der Waals surface area contributed by atoms with Crippen molar-refractivity contribution in [2.75, 3.05) is 0 Å². The van der Waals surface area contributed by atoms with E-state index in [4.69, 9.17) is 4.74 Å². The van der Waals surface area contributed by atoms with E-state index in [1.165, 1.54) is 0 Å². The van der Waals surface area contributed by atoms with E-state index in [9.17, 15) is 9.59 Å². The third-order valence-electron chi connectivity index (χ3n) is 3.55. The molecule has 0 unspecified atom stereocenters. The van der Waals surface area contributed by atoms with E-state index < -0.39 is 0 Å². The van der Waals surface area contributed by atoms with Crippen LogP contribution in [0.2, 0.25) is 0 Å². The quantitative estimate of drug-likeness (QED) is 0.752. The number of para-hydroxylation sites is 1. The van der Waals surface area contributed by atoms with Crippen LogP contribution in [0.15, 0.2) is 53.3 Å². The van der Waals surface area contributed by atoms with Gasteiger partial charge >= 0.3 is 5.97 Å². The molecule has 0 spiro atoms. The van der Waals surface area contributed by atoms with E-state index in [-0.39, 0.29) is 24.6 Å². The highest BCUT2D eigenvalue weighted by Crippen LogP contribution is 2.12. The second-order valence-corrected chi connectivity index (χ2v) is 5.31. The van der Waals surface area contributed by atoms with Crippen molar-refractivity contribution in [1.29, 1.82) is 0 Å². The van der Waals surface area contributed by atoms with Crippen LogP contribution in [0.1, 0.15) is 17.0 Å². The Labute approximate surface area is 133 Å². The summed E-state index contributed by atoms with van der Waals surface area (Å²) in [4.78, 5) is 30.9. The zero-order valence-electron chi connectivity index (χ0n) is 12.7. The van der Waals surface area contributed by atoms with Crippen molar-refractivity contribution in [3.8, 4) is 0 Å². The van der Waals surface area contributed by atoms with Gasteiger partial charge in [-0.05, 0) is 24.1 Å². The summed E-state index contributed by atoms with van der Waals surface area (Å²) in [5.41, 5.74) is 2.19. The third-order valence-corrected chi connectivity index (χ3v) is 3.55. The minimum atomic E-state index is -0.358. The molecular weight excluding hydrogens is 292 g/mol. The highest BCUT2D eigenvalue weighted by molar-refractivity contribution is 5.80. The standard InChI is InChI=1S/C18H16N2O3/c1-12-6-5-9-14-17(12)19-15(20-18(14)22)11-23-16(21)10-13-7-3-2-4-8-13/h2-9H,10-11H2,1H3,(H,19,20,22). The summed E-state index contributed by atoms with van der Waals surface area (Å²) in [7, 11) is 0. The van der Waals surface area contributed by atoms with Gasteiger partial charge in [-0.15, -0.1) is 0 Å². The average molecular weight is 308 g/mol. The predicted molar refractivity (Wildman–Crippen MR) is 87.0 cm³/mol. The second-order valence-electron chi connectivity index (χ2n) is 5.31. The van der Waals surface area contributed by atoms with Crippen molar-refractivity contribution in [3.63, 3.8) is 0 Å². The molecule has 23 heavy (non-hydrogen) atoms. The molecular formula is C18H16N2O3.